The fraction of sp³-hybridized carbons (Fsp3) is 0.222. The molecule has 0 saturated heterocycles. The molecule has 24 heavy (non-hydrogen) atoms. The summed E-state index contributed by atoms with van der Waals surface area (Å²) in [6.07, 6.45) is 0. The second kappa shape index (κ2) is 8.01. The summed E-state index contributed by atoms with van der Waals surface area (Å²) >= 11 is 0. The molecule has 0 aliphatic heterocycles. The Morgan fingerprint density at radius 1 is 0.917 bits per heavy atom. The predicted molar refractivity (Wildman–Crippen MR) is 92.2 cm³/mol. The van der Waals surface area contributed by atoms with Gasteiger partial charge in [-0.1, -0.05) is 12.1 Å². The first kappa shape index (κ1) is 17.3. The summed E-state index contributed by atoms with van der Waals surface area (Å²) < 4.78 is 15.5. The molecule has 6 nitrogen and oxygen atoms in total. The first-order chi connectivity index (χ1) is 11.6. The summed E-state index contributed by atoms with van der Waals surface area (Å²) in [4.78, 5) is 12.2. The van der Waals surface area contributed by atoms with E-state index < -0.39 is 0 Å². The lowest BCUT2D eigenvalue weighted by Gasteiger charge is -2.09. The fourth-order valence-electron chi connectivity index (χ4n) is 2.09. The Kier molecular flexibility index (Phi) is 5.78. The van der Waals surface area contributed by atoms with Crippen LogP contribution in [-0.2, 0) is 0 Å². The highest BCUT2D eigenvalue weighted by atomic mass is 16.5. The molecule has 0 unspecified atom stereocenters. The van der Waals surface area contributed by atoms with Gasteiger partial charge in [0.15, 0.2) is 11.5 Å². The van der Waals surface area contributed by atoms with Crippen LogP contribution in [0.15, 0.2) is 47.6 Å². The van der Waals surface area contributed by atoms with Gasteiger partial charge in [0.1, 0.15) is 5.75 Å². The van der Waals surface area contributed by atoms with Gasteiger partial charge in [-0.05, 0) is 37.3 Å². The van der Waals surface area contributed by atoms with Crippen LogP contribution in [0, 0.1) is 0 Å². The van der Waals surface area contributed by atoms with Crippen molar-refractivity contribution >= 4 is 11.6 Å². The third-order valence-electron chi connectivity index (χ3n) is 3.46. The van der Waals surface area contributed by atoms with Crippen molar-refractivity contribution in [1.29, 1.82) is 0 Å². The predicted octanol–water partition coefficient (Wildman–Crippen LogP) is 2.87. The number of benzene rings is 2. The Balaban J connectivity index is 2.14. The molecule has 0 bridgehead atoms. The highest BCUT2D eigenvalue weighted by Crippen LogP contribution is 2.27. The molecule has 0 aliphatic rings. The second-order valence-corrected chi connectivity index (χ2v) is 4.94. The molecule has 0 aromatic heterocycles. The lowest BCUT2D eigenvalue weighted by molar-refractivity contribution is 0.0954. The molecule has 0 fully saturated rings. The van der Waals surface area contributed by atoms with Crippen LogP contribution >= 0.6 is 0 Å². The SMILES string of the molecule is COc1cccc(C(C)=NNC(=O)c2ccc(OC)c(OC)c2)c1. The van der Waals surface area contributed by atoms with E-state index in [-0.39, 0.29) is 5.91 Å². The Labute approximate surface area is 141 Å². The van der Waals surface area contributed by atoms with E-state index in [1.807, 2.05) is 31.2 Å². The monoisotopic (exact) mass is 328 g/mol. The van der Waals surface area contributed by atoms with Gasteiger partial charge < -0.3 is 14.2 Å². The lowest BCUT2D eigenvalue weighted by atomic mass is 10.1. The molecule has 0 atom stereocenters. The fourth-order valence-corrected chi connectivity index (χ4v) is 2.09. The summed E-state index contributed by atoms with van der Waals surface area (Å²) in [5.41, 5.74) is 4.49. The molecule has 6 heteroatoms. The van der Waals surface area contributed by atoms with Crippen LogP contribution in [-0.4, -0.2) is 32.9 Å². The molecule has 0 radical (unpaired) electrons. The number of nitrogens with one attached hydrogen (secondary N) is 1. The van der Waals surface area contributed by atoms with Crippen LogP contribution in [0.4, 0.5) is 0 Å². The maximum absolute atomic E-state index is 12.2. The van der Waals surface area contributed by atoms with Crippen LogP contribution in [0.2, 0.25) is 0 Å². The molecule has 2 rings (SSSR count). The number of hydrazone groups is 1. The van der Waals surface area contributed by atoms with E-state index in [1.165, 1.54) is 7.11 Å². The van der Waals surface area contributed by atoms with Crippen LogP contribution in [0.25, 0.3) is 0 Å². The van der Waals surface area contributed by atoms with Crippen LogP contribution in [0.5, 0.6) is 17.2 Å². The number of rotatable bonds is 6. The number of nitrogens with zero attached hydrogens (tertiary/aromatic N) is 1. The highest BCUT2D eigenvalue weighted by molar-refractivity contribution is 6.01. The number of hydrogen-bond donors (Lipinski definition) is 1. The zero-order valence-electron chi connectivity index (χ0n) is 14.1. The van der Waals surface area contributed by atoms with Crippen molar-refractivity contribution < 1.29 is 19.0 Å². The smallest absolute Gasteiger partial charge is 0.271 e. The molecule has 126 valence electrons. The van der Waals surface area contributed by atoms with E-state index in [0.29, 0.717) is 22.8 Å². The van der Waals surface area contributed by atoms with Gasteiger partial charge in [0.05, 0.1) is 27.0 Å². The van der Waals surface area contributed by atoms with Crippen molar-refractivity contribution in [2.75, 3.05) is 21.3 Å². The van der Waals surface area contributed by atoms with Gasteiger partial charge in [-0.3, -0.25) is 4.79 Å². The van der Waals surface area contributed by atoms with Crippen LogP contribution in [0.3, 0.4) is 0 Å². The van der Waals surface area contributed by atoms with Gasteiger partial charge >= 0.3 is 0 Å². The van der Waals surface area contributed by atoms with Crippen molar-refractivity contribution in [3.8, 4) is 17.2 Å². The number of methoxy groups -OCH3 is 3. The minimum Gasteiger partial charge on any atom is -0.497 e. The average molecular weight is 328 g/mol. The molecular weight excluding hydrogens is 308 g/mol. The molecule has 2 aromatic rings. The Hall–Kier alpha value is -3.02. The molecule has 1 amide bonds. The van der Waals surface area contributed by atoms with E-state index in [0.717, 1.165) is 11.3 Å². The van der Waals surface area contributed by atoms with Crippen molar-refractivity contribution in [3.05, 3.63) is 53.6 Å². The number of carbonyl (C=O) groups is 1. The van der Waals surface area contributed by atoms with Crippen molar-refractivity contribution in [2.24, 2.45) is 5.10 Å². The van der Waals surface area contributed by atoms with Gasteiger partial charge in [-0.15, -0.1) is 0 Å². The van der Waals surface area contributed by atoms with E-state index in [2.05, 4.69) is 10.5 Å². The summed E-state index contributed by atoms with van der Waals surface area (Å²) in [5, 5.41) is 4.13. The summed E-state index contributed by atoms with van der Waals surface area (Å²) in [6.45, 7) is 1.81. The molecular formula is C18H20N2O4. The van der Waals surface area contributed by atoms with Gasteiger partial charge in [0, 0.05) is 11.1 Å². The molecule has 0 aliphatic carbocycles. The largest absolute Gasteiger partial charge is 0.497 e. The van der Waals surface area contributed by atoms with Gasteiger partial charge in [-0.25, -0.2) is 5.43 Å². The number of hydrogen-bond acceptors (Lipinski definition) is 5. The van der Waals surface area contributed by atoms with E-state index in [1.54, 1.807) is 32.4 Å². The third kappa shape index (κ3) is 4.04. The van der Waals surface area contributed by atoms with Crippen molar-refractivity contribution in [1.82, 2.24) is 5.43 Å². The first-order valence-corrected chi connectivity index (χ1v) is 7.30. The number of carbonyl (C=O) groups excluding carboxylic acids is 1. The molecule has 0 saturated carbocycles. The average Bonchev–Trinajstić information content (AvgIpc) is 2.65. The maximum atomic E-state index is 12.2. The van der Waals surface area contributed by atoms with Crippen molar-refractivity contribution in [2.45, 2.75) is 6.92 Å². The second-order valence-electron chi connectivity index (χ2n) is 4.94. The summed E-state index contributed by atoms with van der Waals surface area (Å²) in [7, 11) is 4.66. The molecule has 2 aromatic carbocycles. The highest BCUT2D eigenvalue weighted by Gasteiger charge is 2.10. The number of amides is 1. The van der Waals surface area contributed by atoms with Crippen molar-refractivity contribution in [3.63, 3.8) is 0 Å². The zero-order chi connectivity index (χ0) is 17.5. The van der Waals surface area contributed by atoms with E-state index in [9.17, 15) is 4.79 Å². The first-order valence-electron chi connectivity index (χ1n) is 7.30. The van der Waals surface area contributed by atoms with Crippen LogP contribution in [0.1, 0.15) is 22.8 Å². The molecule has 0 spiro atoms. The van der Waals surface area contributed by atoms with E-state index >= 15 is 0 Å². The molecule has 0 heterocycles. The standard InChI is InChI=1S/C18H20N2O4/c1-12(13-6-5-7-15(10-13)22-2)19-20-18(21)14-8-9-16(23-3)17(11-14)24-4/h5-11H,1-4H3,(H,20,21). The Morgan fingerprint density at radius 2 is 1.67 bits per heavy atom. The topological polar surface area (TPSA) is 69.2 Å². The Bertz CT molecular complexity index is 756. The van der Waals surface area contributed by atoms with Gasteiger partial charge in [0.2, 0.25) is 0 Å². The normalized spacial score (nSPS) is 10.9. The number of ether oxygens (including phenoxy) is 3. The minimum absolute atomic E-state index is 0.335. The summed E-state index contributed by atoms with van der Waals surface area (Å²) in [6, 6.07) is 12.4. The molecule has 1 N–H and O–H groups in total. The van der Waals surface area contributed by atoms with E-state index in [4.69, 9.17) is 14.2 Å². The van der Waals surface area contributed by atoms with Gasteiger partial charge in [-0.2, -0.15) is 5.10 Å². The van der Waals surface area contributed by atoms with Crippen LogP contribution < -0.4 is 19.6 Å². The minimum atomic E-state index is -0.335. The lowest BCUT2D eigenvalue weighted by Crippen LogP contribution is -2.19. The zero-order valence-corrected chi connectivity index (χ0v) is 14.1. The summed E-state index contributed by atoms with van der Waals surface area (Å²) in [5.74, 6) is 1.44. The van der Waals surface area contributed by atoms with Gasteiger partial charge in [0.25, 0.3) is 5.91 Å². The third-order valence-corrected chi connectivity index (χ3v) is 3.46. The Morgan fingerprint density at radius 3 is 2.33 bits per heavy atom. The quantitative estimate of drug-likeness (QED) is 0.654. The maximum Gasteiger partial charge on any atom is 0.271 e.